The summed E-state index contributed by atoms with van der Waals surface area (Å²) in [4.78, 5) is 9.70. The van der Waals surface area contributed by atoms with E-state index in [1.54, 1.807) is 11.3 Å². The molecule has 0 bridgehead atoms. The molecule has 0 saturated carbocycles. The van der Waals surface area contributed by atoms with Gasteiger partial charge in [0.1, 0.15) is 5.82 Å². The molecule has 0 aliphatic heterocycles. The van der Waals surface area contributed by atoms with E-state index >= 15 is 0 Å². The highest BCUT2D eigenvalue weighted by Crippen LogP contribution is 2.31. The SMILES string of the molecule is CCc1cc(N)nc(-c2sccc2Br)n1. The molecule has 0 fully saturated rings. The average Bonchev–Trinajstić information content (AvgIpc) is 2.63. The molecule has 2 heterocycles. The van der Waals surface area contributed by atoms with Crippen LogP contribution in [0.5, 0.6) is 0 Å². The fourth-order valence-corrected chi connectivity index (χ4v) is 2.74. The highest BCUT2D eigenvalue weighted by Gasteiger charge is 2.09. The second-order valence-electron chi connectivity index (χ2n) is 3.06. The molecular formula is C10H10BrN3S. The highest BCUT2D eigenvalue weighted by atomic mass is 79.9. The zero-order chi connectivity index (χ0) is 10.8. The van der Waals surface area contributed by atoms with E-state index in [0.717, 1.165) is 21.5 Å². The third-order valence-corrected chi connectivity index (χ3v) is 3.82. The van der Waals surface area contributed by atoms with E-state index in [0.29, 0.717) is 11.6 Å². The van der Waals surface area contributed by atoms with Crippen LogP contribution in [0.15, 0.2) is 22.0 Å². The topological polar surface area (TPSA) is 51.8 Å². The summed E-state index contributed by atoms with van der Waals surface area (Å²) in [7, 11) is 0. The van der Waals surface area contributed by atoms with Gasteiger partial charge in [-0.1, -0.05) is 6.92 Å². The minimum Gasteiger partial charge on any atom is -0.384 e. The number of aryl methyl sites for hydroxylation is 1. The van der Waals surface area contributed by atoms with Gasteiger partial charge in [0.2, 0.25) is 0 Å². The second-order valence-corrected chi connectivity index (χ2v) is 4.83. The number of aromatic nitrogens is 2. The molecule has 3 nitrogen and oxygen atoms in total. The molecule has 0 atom stereocenters. The van der Waals surface area contributed by atoms with Crippen molar-refractivity contribution >= 4 is 33.1 Å². The monoisotopic (exact) mass is 283 g/mol. The van der Waals surface area contributed by atoms with Gasteiger partial charge in [-0.25, -0.2) is 9.97 Å². The van der Waals surface area contributed by atoms with E-state index in [1.807, 2.05) is 17.5 Å². The molecule has 0 radical (unpaired) electrons. The van der Waals surface area contributed by atoms with E-state index in [1.165, 1.54) is 0 Å². The standard InChI is InChI=1S/C10H10BrN3S/c1-2-6-5-8(12)14-10(13-6)9-7(11)3-4-15-9/h3-5H,2H2,1H3,(H2,12,13,14). The van der Waals surface area contributed by atoms with Crippen LogP contribution in [0.4, 0.5) is 5.82 Å². The van der Waals surface area contributed by atoms with Gasteiger partial charge >= 0.3 is 0 Å². The minimum atomic E-state index is 0.525. The Morgan fingerprint density at radius 3 is 2.87 bits per heavy atom. The predicted molar refractivity (Wildman–Crippen MR) is 66.8 cm³/mol. The number of halogens is 1. The molecule has 15 heavy (non-hydrogen) atoms. The summed E-state index contributed by atoms with van der Waals surface area (Å²) in [6.07, 6.45) is 0.864. The maximum absolute atomic E-state index is 5.73. The number of nitrogen functional groups attached to an aromatic ring is 1. The summed E-state index contributed by atoms with van der Waals surface area (Å²) in [5.74, 6) is 1.23. The zero-order valence-corrected chi connectivity index (χ0v) is 10.6. The van der Waals surface area contributed by atoms with Crippen LogP contribution in [0.2, 0.25) is 0 Å². The normalized spacial score (nSPS) is 10.5. The van der Waals surface area contributed by atoms with E-state index in [-0.39, 0.29) is 0 Å². The molecule has 2 rings (SSSR count). The Hall–Kier alpha value is -0.940. The lowest BCUT2D eigenvalue weighted by molar-refractivity contribution is 1.01. The number of thiophene rings is 1. The number of anilines is 1. The summed E-state index contributed by atoms with van der Waals surface area (Å²) < 4.78 is 1.01. The summed E-state index contributed by atoms with van der Waals surface area (Å²) >= 11 is 5.07. The van der Waals surface area contributed by atoms with Gasteiger partial charge in [-0.05, 0) is 33.8 Å². The van der Waals surface area contributed by atoms with Gasteiger partial charge in [-0.2, -0.15) is 0 Å². The van der Waals surface area contributed by atoms with E-state index in [2.05, 4.69) is 32.8 Å². The molecule has 2 aromatic rings. The third kappa shape index (κ3) is 2.18. The van der Waals surface area contributed by atoms with Crippen molar-refractivity contribution in [3.05, 3.63) is 27.7 Å². The van der Waals surface area contributed by atoms with Crippen LogP contribution < -0.4 is 5.73 Å². The van der Waals surface area contributed by atoms with Crippen LogP contribution in [-0.2, 0) is 6.42 Å². The van der Waals surface area contributed by atoms with Crippen LogP contribution in [0.25, 0.3) is 10.7 Å². The van der Waals surface area contributed by atoms with E-state index < -0.39 is 0 Å². The Kier molecular flexibility index (Phi) is 3.02. The largest absolute Gasteiger partial charge is 0.384 e. The van der Waals surface area contributed by atoms with Gasteiger partial charge < -0.3 is 5.73 Å². The number of hydrogen-bond donors (Lipinski definition) is 1. The maximum atomic E-state index is 5.73. The molecule has 5 heteroatoms. The summed E-state index contributed by atoms with van der Waals surface area (Å²) in [6.45, 7) is 2.05. The van der Waals surface area contributed by atoms with Crippen molar-refractivity contribution in [2.45, 2.75) is 13.3 Å². The number of nitrogens with zero attached hydrogens (tertiary/aromatic N) is 2. The number of hydrogen-bond acceptors (Lipinski definition) is 4. The fraction of sp³-hybridized carbons (Fsp3) is 0.200. The minimum absolute atomic E-state index is 0.525. The molecule has 0 spiro atoms. The molecule has 2 aromatic heterocycles. The lowest BCUT2D eigenvalue weighted by Crippen LogP contribution is -1.98. The van der Waals surface area contributed by atoms with Crippen molar-refractivity contribution in [1.82, 2.24) is 9.97 Å². The average molecular weight is 284 g/mol. The summed E-state index contributed by atoms with van der Waals surface area (Å²) in [5, 5.41) is 2.00. The van der Waals surface area contributed by atoms with Crippen LogP contribution >= 0.6 is 27.3 Å². The molecule has 0 saturated heterocycles. The molecule has 0 amide bonds. The molecule has 0 aliphatic carbocycles. The van der Waals surface area contributed by atoms with Gasteiger partial charge in [0.25, 0.3) is 0 Å². The summed E-state index contributed by atoms with van der Waals surface area (Å²) in [5.41, 5.74) is 6.70. The first-order valence-corrected chi connectivity index (χ1v) is 6.24. The second kappa shape index (κ2) is 4.28. The zero-order valence-electron chi connectivity index (χ0n) is 8.20. The Morgan fingerprint density at radius 2 is 2.27 bits per heavy atom. The van der Waals surface area contributed by atoms with Crippen molar-refractivity contribution in [2.24, 2.45) is 0 Å². The van der Waals surface area contributed by atoms with E-state index in [9.17, 15) is 0 Å². The van der Waals surface area contributed by atoms with Gasteiger partial charge in [0.05, 0.1) is 4.88 Å². The van der Waals surface area contributed by atoms with Crippen LogP contribution in [0, 0.1) is 0 Å². The van der Waals surface area contributed by atoms with Crippen molar-refractivity contribution in [3.8, 4) is 10.7 Å². The fourth-order valence-electron chi connectivity index (χ4n) is 1.25. The Morgan fingerprint density at radius 1 is 1.47 bits per heavy atom. The van der Waals surface area contributed by atoms with Gasteiger partial charge in [0.15, 0.2) is 5.82 Å². The van der Waals surface area contributed by atoms with Gasteiger partial charge in [-0.3, -0.25) is 0 Å². The Balaban J connectivity index is 2.53. The molecule has 0 aliphatic rings. The van der Waals surface area contributed by atoms with Crippen LogP contribution in [0.1, 0.15) is 12.6 Å². The van der Waals surface area contributed by atoms with Crippen molar-refractivity contribution in [2.75, 3.05) is 5.73 Å². The van der Waals surface area contributed by atoms with E-state index in [4.69, 9.17) is 5.73 Å². The highest BCUT2D eigenvalue weighted by molar-refractivity contribution is 9.10. The first kappa shape index (κ1) is 10.6. The third-order valence-electron chi connectivity index (χ3n) is 1.98. The lowest BCUT2D eigenvalue weighted by Gasteiger charge is -2.02. The number of nitrogens with two attached hydrogens (primary N) is 1. The Bertz CT molecular complexity index is 481. The Labute approximate surface area is 101 Å². The van der Waals surface area contributed by atoms with Crippen molar-refractivity contribution in [3.63, 3.8) is 0 Å². The quantitative estimate of drug-likeness (QED) is 0.921. The van der Waals surface area contributed by atoms with Crippen LogP contribution in [0.3, 0.4) is 0 Å². The molecule has 2 N–H and O–H groups in total. The van der Waals surface area contributed by atoms with Crippen LogP contribution in [-0.4, -0.2) is 9.97 Å². The number of rotatable bonds is 2. The smallest absolute Gasteiger partial charge is 0.173 e. The lowest BCUT2D eigenvalue weighted by atomic mass is 10.3. The first-order chi connectivity index (χ1) is 7.20. The molecular weight excluding hydrogens is 274 g/mol. The predicted octanol–water partition coefficient (Wildman–Crippen LogP) is 3.11. The molecule has 0 aromatic carbocycles. The van der Waals surface area contributed by atoms with Crippen molar-refractivity contribution < 1.29 is 0 Å². The van der Waals surface area contributed by atoms with Crippen molar-refractivity contribution in [1.29, 1.82) is 0 Å². The molecule has 0 unspecified atom stereocenters. The molecule has 78 valence electrons. The van der Waals surface area contributed by atoms with Gasteiger partial charge in [-0.15, -0.1) is 11.3 Å². The maximum Gasteiger partial charge on any atom is 0.173 e. The van der Waals surface area contributed by atoms with Gasteiger partial charge in [0, 0.05) is 16.2 Å². The summed E-state index contributed by atoms with van der Waals surface area (Å²) in [6, 6.07) is 3.79. The first-order valence-electron chi connectivity index (χ1n) is 4.57.